The summed E-state index contributed by atoms with van der Waals surface area (Å²) in [6.07, 6.45) is 0.503. The van der Waals surface area contributed by atoms with Crippen molar-refractivity contribution in [2.24, 2.45) is 0 Å². The van der Waals surface area contributed by atoms with Gasteiger partial charge in [0.2, 0.25) is 11.8 Å². The first-order valence-corrected chi connectivity index (χ1v) is 5.33. The first-order valence-electron chi connectivity index (χ1n) is 5.33. The Labute approximate surface area is 92.9 Å². The topological polar surface area (TPSA) is 46.3 Å². The number of para-hydroxylation sites is 2. The van der Waals surface area contributed by atoms with Crippen LogP contribution in [0.2, 0.25) is 0 Å². The Bertz CT molecular complexity index is 514. The number of nitrogens with zero attached hydrogens (tertiary/aromatic N) is 2. The van der Waals surface area contributed by atoms with Crippen LogP contribution in [-0.2, 0) is 4.79 Å². The molecule has 1 aromatic carbocycles. The molecule has 82 valence electrons. The Kier molecular flexibility index (Phi) is 1.96. The molecule has 0 bridgehead atoms. The van der Waals surface area contributed by atoms with Crippen molar-refractivity contribution in [3.05, 3.63) is 30.2 Å². The molecule has 2 heterocycles. The Balaban J connectivity index is 1.98. The minimum absolute atomic E-state index is 0.102. The first kappa shape index (κ1) is 9.39. The van der Waals surface area contributed by atoms with E-state index in [4.69, 9.17) is 4.42 Å². The summed E-state index contributed by atoms with van der Waals surface area (Å²) in [6, 6.07) is 7.67. The number of oxazole rings is 1. The lowest BCUT2D eigenvalue weighted by Crippen LogP contribution is -2.18. The van der Waals surface area contributed by atoms with E-state index in [0.29, 0.717) is 18.9 Å². The number of hydrogen-bond donors (Lipinski definition) is 0. The smallest absolute Gasteiger partial charge is 0.223 e. The van der Waals surface area contributed by atoms with Gasteiger partial charge in [-0.25, -0.2) is 4.98 Å². The lowest BCUT2D eigenvalue weighted by atomic mass is 10.1. The third-order valence-electron chi connectivity index (χ3n) is 3.00. The Hall–Kier alpha value is -1.84. The minimum Gasteiger partial charge on any atom is -0.440 e. The van der Waals surface area contributed by atoms with Crippen LogP contribution in [0.15, 0.2) is 28.7 Å². The Morgan fingerprint density at radius 1 is 1.44 bits per heavy atom. The molecule has 1 atom stereocenters. The molecular weight excluding hydrogens is 204 g/mol. The van der Waals surface area contributed by atoms with Gasteiger partial charge in [-0.05, 0) is 12.1 Å². The minimum atomic E-state index is 0.102. The number of carbonyl (C=O) groups excluding carboxylic acids is 1. The van der Waals surface area contributed by atoms with Gasteiger partial charge in [-0.15, -0.1) is 0 Å². The molecule has 1 aliphatic rings. The predicted molar refractivity (Wildman–Crippen MR) is 59.0 cm³/mol. The van der Waals surface area contributed by atoms with Gasteiger partial charge < -0.3 is 9.32 Å². The molecule has 1 saturated heterocycles. The van der Waals surface area contributed by atoms with E-state index in [1.807, 2.05) is 31.3 Å². The number of likely N-dealkylation sites (tertiary alicyclic amines) is 1. The normalized spacial score (nSPS) is 20.9. The van der Waals surface area contributed by atoms with Crippen molar-refractivity contribution >= 4 is 17.0 Å². The van der Waals surface area contributed by atoms with E-state index in [0.717, 1.165) is 11.1 Å². The number of carbonyl (C=O) groups is 1. The molecule has 3 rings (SSSR count). The van der Waals surface area contributed by atoms with Crippen LogP contribution >= 0.6 is 0 Å². The second-order valence-corrected chi connectivity index (χ2v) is 4.20. The summed E-state index contributed by atoms with van der Waals surface area (Å²) in [7, 11) is 1.81. The van der Waals surface area contributed by atoms with E-state index < -0.39 is 0 Å². The van der Waals surface area contributed by atoms with Crippen molar-refractivity contribution in [1.82, 2.24) is 9.88 Å². The van der Waals surface area contributed by atoms with E-state index in [1.54, 1.807) is 4.90 Å². The first-order chi connectivity index (χ1) is 7.74. The summed E-state index contributed by atoms with van der Waals surface area (Å²) in [4.78, 5) is 17.6. The number of hydrogen-bond acceptors (Lipinski definition) is 3. The van der Waals surface area contributed by atoms with Gasteiger partial charge >= 0.3 is 0 Å². The zero-order valence-electron chi connectivity index (χ0n) is 9.01. The molecule has 1 fully saturated rings. The Morgan fingerprint density at radius 3 is 2.94 bits per heavy atom. The molecule has 4 heteroatoms. The lowest BCUT2D eigenvalue weighted by Gasteiger charge is -2.06. The molecule has 1 amide bonds. The fourth-order valence-corrected chi connectivity index (χ4v) is 2.09. The van der Waals surface area contributed by atoms with Crippen molar-refractivity contribution in [3.8, 4) is 0 Å². The molecule has 1 unspecified atom stereocenters. The van der Waals surface area contributed by atoms with Crippen molar-refractivity contribution in [2.45, 2.75) is 12.3 Å². The largest absolute Gasteiger partial charge is 0.440 e. The van der Waals surface area contributed by atoms with Crippen molar-refractivity contribution in [1.29, 1.82) is 0 Å². The van der Waals surface area contributed by atoms with Crippen molar-refractivity contribution < 1.29 is 9.21 Å². The average molecular weight is 216 g/mol. The lowest BCUT2D eigenvalue weighted by molar-refractivity contribution is -0.126. The summed E-state index contributed by atoms with van der Waals surface area (Å²) in [5.74, 6) is 0.941. The highest BCUT2D eigenvalue weighted by Crippen LogP contribution is 2.28. The molecule has 0 N–H and O–H groups in total. The molecule has 4 nitrogen and oxygen atoms in total. The van der Waals surface area contributed by atoms with Gasteiger partial charge in [-0.2, -0.15) is 0 Å². The van der Waals surface area contributed by atoms with Crippen molar-refractivity contribution in [2.75, 3.05) is 13.6 Å². The quantitative estimate of drug-likeness (QED) is 0.729. The van der Waals surface area contributed by atoms with Gasteiger partial charge in [0, 0.05) is 20.0 Å². The molecule has 0 aliphatic carbocycles. The SMILES string of the molecule is CN1CC(c2nc3ccccc3o2)CC1=O. The summed E-state index contributed by atoms with van der Waals surface area (Å²) in [5, 5.41) is 0. The monoisotopic (exact) mass is 216 g/mol. The van der Waals surface area contributed by atoms with Gasteiger partial charge in [0.05, 0.1) is 5.92 Å². The van der Waals surface area contributed by atoms with Gasteiger partial charge in [-0.3, -0.25) is 4.79 Å². The van der Waals surface area contributed by atoms with Gasteiger partial charge in [0.1, 0.15) is 5.52 Å². The zero-order valence-corrected chi connectivity index (χ0v) is 9.01. The van der Waals surface area contributed by atoms with Crippen LogP contribution in [0.5, 0.6) is 0 Å². The molecule has 0 saturated carbocycles. The maximum atomic E-state index is 11.4. The van der Waals surface area contributed by atoms with Crippen LogP contribution in [0, 0.1) is 0 Å². The number of fused-ring (bicyclic) bond motifs is 1. The van der Waals surface area contributed by atoms with Gasteiger partial charge in [0.25, 0.3) is 0 Å². The van der Waals surface area contributed by atoms with E-state index >= 15 is 0 Å². The number of aromatic nitrogens is 1. The summed E-state index contributed by atoms with van der Waals surface area (Å²) in [6.45, 7) is 0.700. The molecular formula is C12H12N2O2. The molecule has 16 heavy (non-hydrogen) atoms. The summed E-state index contributed by atoms with van der Waals surface area (Å²) in [5.41, 5.74) is 1.65. The fraction of sp³-hybridized carbons (Fsp3) is 0.333. The van der Waals surface area contributed by atoms with Crippen molar-refractivity contribution in [3.63, 3.8) is 0 Å². The highest BCUT2D eigenvalue weighted by atomic mass is 16.3. The van der Waals surface area contributed by atoms with Crippen LogP contribution in [0.1, 0.15) is 18.2 Å². The van der Waals surface area contributed by atoms with Crippen LogP contribution in [0.25, 0.3) is 11.1 Å². The zero-order chi connectivity index (χ0) is 11.1. The van der Waals surface area contributed by atoms with E-state index in [1.165, 1.54) is 0 Å². The van der Waals surface area contributed by atoms with Crippen LogP contribution in [-0.4, -0.2) is 29.4 Å². The Morgan fingerprint density at radius 2 is 2.25 bits per heavy atom. The number of likely N-dealkylation sites (N-methyl/N-ethyl adjacent to an activating group) is 1. The number of amides is 1. The van der Waals surface area contributed by atoms with Gasteiger partial charge in [-0.1, -0.05) is 12.1 Å². The second kappa shape index (κ2) is 3.33. The van der Waals surface area contributed by atoms with Crippen LogP contribution in [0.3, 0.4) is 0 Å². The highest BCUT2D eigenvalue weighted by molar-refractivity contribution is 5.79. The molecule has 1 aliphatic heterocycles. The molecule has 2 aromatic rings. The second-order valence-electron chi connectivity index (χ2n) is 4.20. The molecule has 0 spiro atoms. The maximum Gasteiger partial charge on any atom is 0.223 e. The third-order valence-corrected chi connectivity index (χ3v) is 3.00. The van der Waals surface area contributed by atoms with Crippen LogP contribution < -0.4 is 0 Å². The third kappa shape index (κ3) is 1.38. The summed E-state index contributed by atoms with van der Waals surface area (Å²) < 4.78 is 5.66. The average Bonchev–Trinajstić information content (AvgIpc) is 2.83. The number of benzene rings is 1. The standard InChI is InChI=1S/C12H12N2O2/c1-14-7-8(6-11(14)15)12-13-9-4-2-3-5-10(9)16-12/h2-5,8H,6-7H2,1H3. The van der Waals surface area contributed by atoms with E-state index in [-0.39, 0.29) is 11.8 Å². The number of rotatable bonds is 1. The molecule has 0 radical (unpaired) electrons. The highest BCUT2D eigenvalue weighted by Gasteiger charge is 2.31. The predicted octanol–water partition coefficient (Wildman–Crippen LogP) is 1.77. The van der Waals surface area contributed by atoms with E-state index in [2.05, 4.69) is 4.98 Å². The van der Waals surface area contributed by atoms with Crippen LogP contribution in [0.4, 0.5) is 0 Å². The summed E-state index contributed by atoms with van der Waals surface area (Å²) >= 11 is 0. The van der Waals surface area contributed by atoms with Gasteiger partial charge in [0.15, 0.2) is 5.58 Å². The maximum absolute atomic E-state index is 11.4. The van der Waals surface area contributed by atoms with E-state index in [9.17, 15) is 4.79 Å². The molecule has 1 aromatic heterocycles. The fourth-order valence-electron chi connectivity index (χ4n) is 2.09.